The van der Waals surface area contributed by atoms with Crippen LogP contribution in [0.2, 0.25) is 0 Å². The molecule has 4 heteroatoms. The van der Waals surface area contributed by atoms with Crippen LogP contribution in [0.5, 0.6) is 0 Å². The summed E-state index contributed by atoms with van der Waals surface area (Å²) in [4.78, 5) is 13.2. The van der Waals surface area contributed by atoms with E-state index in [-0.39, 0.29) is 5.91 Å². The lowest BCUT2D eigenvalue weighted by atomic mass is 9.96. The topological polar surface area (TPSA) is 55.1 Å². The number of hydrogen-bond donors (Lipinski definition) is 2. The highest BCUT2D eigenvalue weighted by Gasteiger charge is 2.46. The molecule has 0 bridgehead atoms. The van der Waals surface area contributed by atoms with Gasteiger partial charge >= 0.3 is 0 Å². The van der Waals surface area contributed by atoms with Crippen LogP contribution < -0.4 is 11.1 Å². The van der Waals surface area contributed by atoms with Crippen molar-refractivity contribution in [3.63, 3.8) is 0 Å². The summed E-state index contributed by atoms with van der Waals surface area (Å²) in [7, 11) is 0. The minimum atomic E-state index is -0.455. The number of carbonyl (C=O) groups excluding carboxylic acids is 1. The predicted octanol–water partition coefficient (Wildman–Crippen LogP) is 2.62. The molecule has 0 spiro atoms. The normalized spacial score (nSPS) is 29.6. The second kappa shape index (κ2) is 5.41. The summed E-state index contributed by atoms with van der Waals surface area (Å²) in [5, 5.41) is 3.99. The van der Waals surface area contributed by atoms with Crippen molar-refractivity contribution in [3.8, 4) is 0 Å². The van der Waals surface area contributed by atoms with E-state index in [1.54, 1.807) is 0 Å². The van der Waals surface area contributed by atoms with Gasteiger partial charge in [0.25, 0.3) is 0 Å². The maximum atomic E-state index is 11.9. The Balaban J connectivity index is 1.65. The van der Waals surface area contributed by atoms with Crippen molar-refractivity contribution in [2.24, 2.45) is 5.73 Å². The first-order valence-corrected chi connectivity index (χ1v) is 8.26. The van der Waals surface area contributed by atoms with Gasteiger partial charge in [-0.1, -0.05) is 17.7 Å². The summed E-state index contributed by atoms with van der Waals surface area (Å²) in [6.07, 6.45) is 5.16. The van der Waals surface area contributed by atoms with Gasteiger partial charge in [0.05, 0.1) is 5.54 Å². The maximum absolute atomic E-state index is 11.9. The van der Waals surface area contributed by atoms with Gasteiger partial charge in [0.1, 0.15) is 0 Å². The van der Waals surface area contributed by atoms with Crippen molar-refractivity contribution in [1.82, 2.24) is 5.32 Å². The molecule has 0 aromatic heterocycles. The van der Waals surface area contributed by atoms with Crippen molar-refractivity contribution in [3.05, 3.63) is 29.8 Å². The zero-order chi connectivity index (χ0) is 14.2. The number of amides is 1. The molecule has 2 saturated carbocycles. The second-order valence-corrected chi connectivity index (χ2v) is 7.53. The van der Waals surface area contributed by atoms with Crippen molar-refractivity contribution in [2.45, 2.75) is 60.8 Å². The van der Waals surface area contributed by atoms with E-state index in [1.807, 2.05) is 11.8 Å². The standard InChI is InChI=1S/C16H22N2OS/c1-11-2-6-13(7-3-11)20-14-8-9-16(10-14,15(17)19)18-12-4-5-12/h2-3,6-7,12,14,18H,4-5,8-10H2,1H3,(H2,17,19). The van der Waals surface area contributed by atoms with Crippen LogP contribution in [-0.2, 0) is 4.79 Å². The molecule has 2 fully saturated rings. The number of carbonyl (C=O) groups is 1. The summed E-state index contributed by atoms with van der Waals surface area (Å²) in [6.45, 7) is 2.10. The number of benzene rings is 1. The molecule has 2 aliphatic carbocycles. The average molecular weight is 290 g/mol. The quantitative estimate of drug-likeness (QED) is 0.876. The molecule has 3 rings (SSSR count). The van der Waals surface area contributed by atoms with Crippen LogP contribution in [0, 0.1) is 6.92 Å². The molecule has 1 aromatic rings. The molecular weight excluding hydrogens is 268 g/mol. The smallest absolute Gasteiger partial charge is 0.237 e. The number of thioether (sulfide) groups is 1. The Morgan fingerprint density at radius 1 is 1.30 bits per heavy atom. The van der Waals surface area contributed by atoms with Gasteiger partial charge in [0, 0.05) is 16.2 Å². The molecule has 2 atom stereocenters. The Hall–Kier alpha value is -1.00. The molecule has 1 aromatic carbocycles. The van der Waals surface area contributed by atoms with Gasteiger partial charge in [0.2, 0.25) is 5.91 Å². The molecule has 3 nitrogen and oxygen atoms in total. The van der Waals surface area contributed by atoms with Crippen molar-refractivity contribution >= 4 is 17.7 Å². The van der Waals surface area contributed by atoms with Crippen LogP contribution in [-0.4, -0.2) is 22.7 Å². The van der Waals surface area contributed by atoms with E-state index in [0.29, 0.717) is 11.3 Å². The van der Waals surface area contributed by atoms with E-state index in [4.69, 9.17) is 5.73 Å². The highest BCUT2D eigenvalue weighted by Crippen LogP contribution is 2.41. The van der Waals surface area contributed by atoms with Crippen LogP contribution in [0.25, 0.3) is 0 Å². The fourth-order valence-electron chi connectivity index (χ4n) is 2.95. The number of nitrogens with one attached hydrogen (secondary N) is 1. The maximum Gasteiger partial charge on any atom is 0.237 e. The van der Waals surface area contributed by atoms with Gasteiger partial charge in [-0.15, -0.1) is 11.8 Å². The van der Waals surface area contributed by atoms with Crippen molar-refractivity contribution in [2.75, 3.05) is 0 Å². The van der Waals surface area contributed by atoms with E-state index < -0.39 is 5.54 Å². The van der Waals surface area contributed by atoms with E-state index in [2.05, 4.69) is 36.5 Å². The zero-order valence-corrected chi connectivity index (χ0v) is 12.7. The molecule has 3 N–H and O–H groups in total. The Morgan fingerprint density at radius 3 is 2.60 bits per heavy atom. The summed E-state index contributed by atoms with van der Waals surface area (Å²) in [6, 6.07) is 9.13. The van der Waals surface area contributed by atoms with Crippen molar-refractivity contribution < 1.29 is 4.79 Å². The SMILES string of the molecule is Cc1ccc(SC2CCC(NC3CC3)(C(N)=O)C2)cc1. The Bertz CT molecular complexity index is 498. The predicted molar refractivity (Wildman–Crippen MR) is 82.8 cm³/mol. The summed E-state index contributed by atoms with van der Waals surface area (Å²) in [5.41, 5.74) is 6.50. The number of hydrogen-bond acceptors (Lipinski definition) is 3. The Morgan fingerprint density at radius 2 is 2.00 bits per heavy atom. The molecule has 0 saturated heterocycles. The first-order valence-electron chi connectivity index (χ1n) is 7.38. The first-order chi connectivity index (χ1) is 9.57. The summed E-state index contributed by atoms with van der Waals surface area (Å²) in [5.74, 6) is -0.170. The van der Waals surface area contributed by atoms with Gasteiger partial charge in [-0.05, 0) is 51.2 Å². The van der Waals surface area contributed by atoms with Crippen LogP contribution in [0.3, 0.4) is 0 Å². The zero-order valence-electron chi connectivity index (χ0n) is 11.9. The van der Waals surface area contributed by atoms with E-state index in [1.165, 1.54) is 23.3 Å². The average Bonchev–Trinajstić information content (AvgIpc) is 3.12. The largest absolute Gasteiger partial charge is 0.368 e. The highest BCUT2D eigenvalue weighted by atomic mass is 32.2. The molecule has 2 aliphatic rings. The second-order valence-electron chi connectivity index (χ2n) is 6.16. The van der Waals surface area contributed by atoms with Crippen LogP contribution in [0.1, 0.15) is 37.7 Å². The molecule has 1 amide bonds. The number of nitrogens with two attached hydrogens (primary N) is 1. The lowest BCUT2D eigenvalue weighted by molar-refractivity contribution is -0.124. The van der Waals surface area contributed by atoms with Crippen molar-refractivity contribution in [1.29, 1.82) is 0 Å². The number of aryl methyl sites for hydroxylation is 1. The van der Waals surface area contributed by atoms with Gasteiger partial charge in [-0.25, -0.2) is 0 Å². The third-order valence-electron chi connectivity index (χ3n) is 4.32. The van der Waals surface area contributed by atoms with Gasteiger partial charge in [-0.2, -0.15) is 0 Å². The van der Waals surface area contributed by atoms with E-state index in [9.17, 15) is 4.79 Å². The lowest BCUT2D eigenvalue weighted by Crippen LogP contribution is -2.54. The minimum Gasteiger partial charge on any atom is -0.368 e. The minimum absolute atomic E-state index is 0.170. The highest BCUT2D eigenvalue weighted by molar-refractivity contribution is 8.00. The Labute approximate surface area is 124 Å². The lowest BCUT2D eigenvalue weighted by Gasteiger charge is -2.27. The number of primary amides is 1. The fourth-order valence-corrected chi connectivity index (χ4v) is 4.24. The summed E-state index contributed by atoms with van der Waals surface area (Å²) >= 11 is 1.88. The van der Waals surface area contributed by atoms with Crippen LogP contribution >= 0.6 is 11.8 Å². The molecular formula is C16H22N2OS. The van der Waals surface area contributed by atoms with E-state index in [0.717, 1.165) is 19.3 Å². The molecule has 0 aliphatic heterocycles. The molecule has 20 heavy (non-hydrogen) atoms. The fraction of sp³-hybridized carbons (Fsp3) is 0.562. The van der Waals surface area contributed by atoms with Crippen LogP contribution in [0.4, 0.5) is 0 Å². The first kappa shape index (κ1) is 14.0. The van der Waals surface area contributed by atoms with Gasteiger partial charge in [0.15, 0.2) is 0 Å². The molecule has 2 unspecified atom stereocenters. The van der Waals surface area contributed by atoms with Crippen LogP contribution in [0.15, 0.2) is 29.2 Å². The molecule has 108 valence electrons. The molecule has 0 radical (unpaired) electrons. The summed E-state index contributed by atoms with van der Waals surface area (Å²) < 4.78 is 0. The van der Waals surface area contributed by atoms with Gasteiger partial charge < -0.3 is 11.1 Å². The third kappa shape index (κ3) is 3.01. The van der Waals surface area contributed by atoms with E-state index >= 15 is 0 Å². The monoisotopic (exact) mass is 290 g/mol. The number of rotatable bonds is 5. The Kier molecular flexibility index (Phi) is 3.78. The van der Waals surface area contributed by atoms with Gasteiger partial charge in [-0.3, -0.25) is 4.79 Å². The molecule has 0 heterocycles. The third-order valence-corrected chi connectivity index (χ3v) is 5.60.